The van der Waals surface area contributed by atoms with Crippen molar-refractivity contribution in [2.24, 2.45) is 0 Å². The summed E-state index contributed by atoms with van der Waals surface area (Å²) in [5, 5.41) is 3.43. The number of nitrogen functional groups attached to an aromatic ring is 1. The maximum absolute atomic E-state index is 5.74. The van der Waals surface area contributed by atoms with Crippen LogP contribution >= 0.6 is 11.6 Å². The van der Waals surface area contributed by atoms with Gasteiger partial charge in [0, 0.05) is 6.54 Å². The van der Waals surface area contributed by atoms with Crippen molar-refractivity contribution in [3.8, 4) is 0 Å². The summed E-state index contributed by atoms with van der Waals surface area (Å²) in [6, 6.07) is 0. The number of hydrogen-bond donors (Lipinski definition) is 2. The van der Waals surface area contributed by atoms with E-state index in [0.29, 0.717) is 16.7 Å². The average molecular weight is 215 g/mol. The number of aromatic nitrogens is 2. The maximum Gasteiger partial charge on any atom is 0.157 e. The Labute approximate surface area is 88.9 Å². The highest BCUT2D eigenvalue weighted by Crippen LogP contribution is 2.21. The molecule has 0 amide bonds. The van der Waals surface area contributed by atoms with Gasteiger partial charge in [-0.3, -0.25) is 0 Å². The second-order valence-electron chi connectivity index (χ2n) is 3.06. The number of nitrogens with one attached hydrogen (secondary N) is 1. The molecule has 0 atom stereocenters. The summed E-state index contributed by atoms with van der Waals surface area (Å²) >= 11 is 5.74. The van der Waals surface area contributed by atoms with Crippen molar-refractivity contribution in [2.45, 2.75) is 26.2 Å². The minimum Gasteiger partial charge on any atom is -0.393 e. The van der Waals surface area contributed by atoms with Crippen LogP contribution < -0.4 is 11.1 Å². The van der Waals surface area contributed by atoms with Crippen molar-refractivity contribution < 1.29 is 0 Å². The van der Waals surface area contributed by atoms with Crippen LogP contribution in [0.4, 0.5) is 11.5 Å². The third-order valence-electron chi connectivity index (χ3n) is 1.91. The lowest BCUT2D eigenvalue weighted by Crippen LogP contribution is -2.06. The minimum atomic E-state index is 0.304. The molecule has 78 valence electrons. The van der Waals surface area contributed by atoms with Crippen LogP contribution in [-0.2, 0) is 0 Å². The molecule has 14 heavy (non-hydrogen) atoms. The first-order valence-electron chi connectivity index (χ1n) is 4.75. The van der Waals surface area contributed by atoms with Gasteiger partial charge in [-0.25, -0.2) is 9.97 Å². The fraction of sp³-hybridized carbons (Fsp3) is 0.556. The molecule has 0 unspecified atom stereocenters. The normalized spacial score (nSPS) is 10.1. The first-order valence-corrected chi connectivity index (χ1v) is 5.13. The third-order valence-corrected chi connectivity index (χ3v) is 2.21. The van der Waals surface area contributed by atoms with Crippen LogP contribution in [0.5, 0.6) is 0 Å². The molecule has 0 aromatic carbocycles. The van der Waals surface area contributed by atoms with Crippen LogP contribution in [0.2, 0.25) is 5.15 Å². The predicted octanol–water partition coefficient (Wildman–Crippen LogP) is 2.31. The van der Waals surface area contributed by atoms with Gasteiger partial charge in [-0.1, -0.05) is 31.4 Å². The molecule has 3 N–H and O–H groups in total. The first-order chi connectivity index (χ1) is 6.75. The van der Waals surface area contributed by atoms with E-state index in [2.05, 4.69) is 22.2 Å². The zero-order valence-electron chi connectivity index (χ0n) is 8.26. The number of rotatable bonds is 5. The highest BCUT2D eigenvalue weighted by atomic mass is 35.5. The summed E-state index contributed by atoms with van der Waals surface area (Å²) in [4.78, 5) is 7.78. The van der Waals surface area contributed by atoms with E-state index in [0.717, 1.165) is 13.0 Å². The smallest absolute Gasteiger partial charge is 0.157 e. The van der Waals surface area contributed by atoms with Gasteiger partial charge in [-0.15, -0.1) is 0 Å². The Morgan fingerprint density at radius 1 is 1.43 bits per heavy atom. The van der Waals surface area contributed by atoms with Crippen LogP contribution in [0, 0.1) is 0 Å². The van der Waals surface area contributed by atoms with Gasteiger partial charge >= 0.3 is 0 Å². The Kier molecular flexibility index (Phi) is 4.46. The Morgan fingerprint density at radius 3 is 2.93 bits per heavy atom. The molecule has 0 aliphatic heterocycles. The van der Waals surface area contributed by atoms with Gasteiger partial charge in [0.15, 0.2) is 11.0 Å². The standard InChI is InChI=1S/C9H15ClN4/c1-2-3-4-5-12-9-7(11)8(10)13-6-14-9/h6H,2-5,11H2,1H3,(H,12,13,14). The minimum absolute atomic E-state index is 0.304. The molecule has 0 aliphatic rings. The van der Waals surface area contributed by atoms with Gasteiger partial charge in [-0.05, 0) is 6.42 Å². The lowest BCUT2D eigenvalue weighted by molar-refractivity contribution is 0.742. The van der Waals surface area contributed by atoms with Gasteiger partial charge < -0.3 is 11.1 Å². The van der Waals surface area contributed by atoms with E-state index in [1.807, 2.05) is 0 Å². The summed E-state index contributed by atoms with van der Waals surface area (Å²) in [6.07, 6.45) is 4.91. The highest BCUT2D eigenvalue weighted by molar-refractivity contribution is 6.32. The first kappa shape index (κ1) is 11.0. The summed E-state index contributed by atoms with van der Waals surface area (Å²) in [6.45, 7) is 3.03. The quantitative estimate of drug-likeness (QED) is 0.583. The Morgan fingerprint density at radius 2 is 2.21 bits per heavy atom. The number of anilines is 2. The number of halogens is 1. The van der Waals surface area contributed by atoms with Crippen LogP contribution in [0.1, 0.15) is 26.2 Å². The van der Waals surface area contributed by atoms with E-state index in [9.17, 15) is 0 Å². The molecule has 4 nitrogen and oxygen atoms in total. The van der Waals surface area contributed by atoms with E-state index in [4.69, 9.17) is 17.3 Å². The molecular weight excluding hydrogens is 200 g/mol. The molecule has 0 bridgehead atoms. The zero-order valence-corrected chi connectivity index (χ0v) is 9.01. The van der Waals surface area contributed by atoms with Crippen molar-refractivity contribution in [1.29, 1.82) is 0 Å². The van der Waals surface area contributed by atoms with Gasteiger partial charge in [0.25, 0.3) is 0 Å². The van der Waals surface area contributed by atoms with E-state index in [1.165, 1.54) is 19.2 Å². The van der Waals surface area contributed by atoms with Crippen molar-refractivity contribution in [1.82, 2.24) is 9.97 Å². The Balaban J connectivity index is 2.46. The second-order valence-corrected chi connectivity index (χ2v) is 3.42. The van der Waals surface area contributed by atoms with Crippen molar-refractivity contribution in [2.75, 3.05) is 17.6 Å². The second kappa shape index (κ2) is 5.65. The monoisotopic (exact) mass is 214 g/mol. The van der Waals surface area contributed by atoms with Crippen molar-refractivity contribution >= 4 is 23.1 Å². The maximum atomic E-state index is 5.74. The summed E-state index contributed by atoms with van der Waals surface area (Å²) in [5.74, 6) is 0.626. The number of hydrogen-bond acceptors (Lipinski definition) is 4. The molecule has 0 spiro atoms. The fourth-order valence-corrected chi connectivity index (χ4v) is 1.23. The lowest BCUT2D eigenvalue weighted by atomic mass is 10.2. The number of unbranched alkanes of at least 4 members (excludes halogenated alkanes) is 2. The zero-order chi connectivity index (χ0) is 10.4. The van der Waals surface area contributed by atoms with Gasteiger partial charge in [0.05, 0.1) is 0 Å². The van der Waals surface area contributed by atoms with E-state index in [1.54, 1.807) is 0 Å². The molecule has 1 rings (SSSR count). The molecule has 0 saturated carbocycles. The summed E-state index contributed by atoms with van der Waals surface area (Å²) < 4.78 is 0. The van der Waals surface area contributed by atoms with Crippen LogP contribution in [0.3, 0.4) is 0 Å². The Bertz CT molecular complexity index is 290. The predicted molar refractivity (Wildman–Crippen MR) is 59.5 cm³/mol. The summed E-state index contributed by atoms with van der Waals surface area (Å²) in [5.41, 5.74) is 6.10. The lowest BCUT2D eigenvalue weighted by Gasteiger charge is -2.07. The van der Waals surface area contributed by atoms with Gasteiger partial charge in [0.1, 0.15) is 12.0 Å². The third kappa shape index (κ3) is 3.03. The molecule has 0 fully saturated rings. The molecule has 1 aromatic heterocycles. The number of nitrogens with zero attached hydrogens (tertiary/aromatic N) is 2. The highest BCUT2D eigenvalue weighted by Gasteiger charge is 2.03. The molecule has 0 saturated heterocycles. The number of nitrogens with two attached hydrogens (primary N) is 1. The molecule has 0 aliphatic carbocycles. The Hall–Kier alpha value is -1.03. The fourth-order valence-electron chi connectivity index (χ4n) is 1.10. The average Bonchev–Trinajstić information content (AvgIpc) is 2.19. The van der Waals surface area contributed by atoms with Crippen molar-refractivity contribution in [3.63, 3.8) is 0 Å². The van der Waals surface area contributed by atoms with E-state index >= 15 is 0 Å². The molecule has 1 heterocycles. The molecule has 5 heteroatoms. The molecule has 0 radical (unpaired) electrons. The van der Waals surface area contributed by atoms with Crippen LogP contribution in [-0.4, -0.2) is 16.5 Å². The van der Waals surface area contributed by atoms with E-state index in [-0.39, 0.29) is 0 Å². The molecular formula is C9H15ClN4. The topological polar surface area (TPSA) is 63.8 Å². The van der Waals surface area contributed by atoms with Crippen LogP contribution in [0.15, 0.2) is 6.33 Å². The van der Waals surface area contributed by atoms with Gasteiger partial charge in [0.2, 0.25) is 0 Å². The summed E-state index contributed by atoms with van der Waals surface area (Å²) in [7, 11) is 0. The van der Waals surface area contributed by atoms with Gasteiger partial charge in [-0.2, -0.15) is 0 Å². The van der Waals surface area contributed by atoms with Crippen molar-refractivity contribution in [3.05, 3.63) is 11.5 Å². The SMILES string of the molecule is CCCCCNc1ncnc(Cl)c1N. The molecule has 1 aromatic rings. The van der Waals surface area contributed by atoms with E-state index < -0.39 is 0 Å². The largest absolute Gasteiger partial charge is 0.393 e. The van der Waals surface area contributed by atoms with Crippen LogP contribution in [0.25, 0.3) is 0 Å².